The van der Waals surface area contributed by atoms with Crippen molar-refractivity contribution in [1.29, 1.82) is 5.41 Å². The molecule has 0 aliphatic carbocycles. The van der Waals surface area contributed by atoms with Gasteiger partial charge in [-0.1, -0.05) is 18.2 Å². The van der Waals surface area contributed by atoms with Crippen molar-refractivity contribution in [2.75, 3.05) is 62.3 Å². The summed E-state index contributed by atoms with van der Waals surface area (Å²) in [5, 5.41) is 15.7. The van der Waals surface area contributed by atoms with Gasteiger partial charge >= 0.3 is 0 Å². The molecule has 2 aliphatic rings. The number of nitrogens with two attached hydrogens (primary N) is 1. The Bertz CT molecular complexity index is 1620. The lowest BCUT2D eigenvalue weighted by molar-refractivity contribution is -0.134. The number of carbonyl (C=O) groups is 1. The normalized spacial score (nSPS) is 16.4. The number of piperidine rings is 1. The van der Waals surface area contributed by atoms with Crippen LogP contribution in [-0.2, 0) is 9.53 Å². The minimum Gasteiger partial charge on any atom is -0.423 e. The van der Waals surface area contributed by atoms with Crippen LogP contribution in [0, 0.1) is 19.3 Å². The first-order valence-electron chi connectivity index (χ1n) is 14.6. The number of nitrogens with zero attached hydrogens (tertiary/aromatic N) is 5. The van der Waals surface area contributed by atoms with Gasteiger partial charge in [-0.3, -0.25) is 15.1 Å². The molecule has 1 amide bonds. The van der Waals surface area contributed by atoms with Crippen molar-refractivity contribution in [3.05, 3.63) is 65.0 Å². The molecule has 6 rings (SSSR count). The van der Waals surface area contributed by atoms with Crippen molar-refractivity contribution >= 4 is 46.1 Å². The van der Waals surface area contributed by atoms with Gasteiger partial charge in [-0.2, -0.15) is 4.98 Å². The second-order valence-electron chi connectivity index (χ2n) is 11.2. The number of aromatic nitrogens is 3. The van der Waals surface area contributed by atoms with Gasteiger partial charge < -0.3 is 30.4 Å². The van der Waals surface area contributed by atoms with Crippen molar-refractivity contribution in [2.45, 2.75) is 32.7 Å². The molecule has 0 unspecified atom stereocenters. The lowest BCUT2D eigenvalue weighted by Crippen LogP contribution is -2.48. The second kappa shape index (κ2) is 12.4. The quantitative estimate of drug-likeness (QED) is 0.225. The zero-order valence-electron chi connectivity index (χ0n) is 24.5. The minimum absolute atomic E-state index is 0.101. The minimum atomic E-state index is 0.101. The Morgan fingerprint density at radius 2 is 1.81 bits per heavy atom. The molecule has 224 valence electrons. The molecule has 2 saturated heterocycles. The summed E-state index contributed by atoms with van der Waals surface area (Å²) in [6.07, 6.45) is 2.97. The highest BCUT2D eigenvalue weighted by atomic mass is 16.5. The van der Waals surface area contributed by atoms with Gasteiger partial charge in [0.25, 0.3) is 6.01 Å². The zero-order chi connectivity index (χ0) is 29.9. The number of likely N-dealkylation sites (tertiary alicyclic amines) is 1. The summed E-state index contributed by atoms with van der Waals surface area (Å²) in [5.41, 5.74) is 12.1. The van der Waals surface area contributed by atoms with Gasteiger partial charge in [0, 0.05) is 43.5 Å². The lowest BCUT2D eigenvalue weighted by atomic mass is 10.0. The maximum Gasteiger partial charge on any atom is 0.300 e. The van der Waals surface area contributed by atoms with Crippen LogP contribution >= 0.6 is 0 Å². The Morgan fingerprint density at radius 1 is 1.07 bits per heavy atom. The van der Waals surface area contributed by atoms with Crippen LogP contribution in [0.5, 0.6) is 0 Å². The van der Waals surface area contributed by atoms with Crippen molar-refractivity contribution in [3.63, 3.8) is 0 Å². The highest BCUT2D eigenvalue weighted by Crippen LogP contribution is 2.28. The fourth-order valence-corrected chi connectivity index (χ4v) is 5.69. The molecule has 5 N–H and O–H groups in total. The number of fused-ring (bicyclic) bond motifs is 1. The van der Waals surface area contributed by atoms with E-state index in [-0.39, 0.29) is 23.5 Å². The van der Waals surface area contributed by atoms with E-state index in [0.29, 0.717) is 55.8 Å². The standard InChI is InChI=1S/C31H37N9O3/c1-19-15-20(2)28-24(16-19)38-31(43-28)37-22-5-3-21(4-6-22)27(32)26-29(33)34-18-35-30(26)36-23-7-9-40(10-8-23)25(41)17-39-11-13-42-14-12-39/h3-6,15-16,18,23,32H,7-14,17H2,1-2H3,(H,37,38)(H3,33,34,35,36). The van der Waals surface area contributed by atoms with E-state index in [4.69, 9.17) is 20.3 Å². The van der Waals surface area contributed by atoms with Crippen LogP contribution in [0.4, 0.5) is 23.3 Å². The molecule has 12 nitrogen and oxygen atoms in total. The highest BCUT2D eigenvalue weighted by molar-refractivity contribution is 6.16. The van der Waals surface area contributed by atoms with E-state index < -0.39 is 0 Å². The summed E-state index contributed by atoms with van der Waals surface area (Å²) < 4.78 is 11.3. The van der Waals surface area contributed by atoms with Crippen molar-refractivity contribution in [3.8, 4) is 0 Å². The van der Waals surface area contributed by atoms with Crippen LogP contribution in [0.15, 0.2) is 47.1 Å². The summed E-state index contributed by atoms with van der Waals surface area (Å²) in [7, 11) is 0. The van der Waals surface area contributed by atoms with E-state index in [1.54, 1.807) is 0 Å². The monoisotopic (exact) mass is 583 g/mol. The molecule has 2 aliphatic heterocycles. The van der Waals surface area contributed by atoms with Gasteiger partial charge in [-0.15, -0.1) is 0 Å². The molecule has 0 spiro atoms. The zero-order valence-corrected chi connectivity index (χ0v) is 24.5. The van der Waals surface area contributed by atoms with Crippen LogP contribution < -0.4 is 16.4 Å². The molecule has 2 fully saturated rings. The Hall–Kier alpha value is -4.55. The van der Waals surface area contributed by atoms with Gasteiger partial charge in [0.1, 0.15) is 23.5 Å². The van der Waals surface area contributed by atoms with Gasteiger partial charge in [0.05, 0.1) is 31.0 Å². The molecule has 4 heterocycles. The van der Waals surface area contributed by atoms with E-state index in [1.807, 2.05) is 49.1 Å². The number of amides is 1. The van der Waals surface area contributed by atoms with E-state index in [2.05, 4.69) is 36.6 Å². The number of oxazole rings is 1. The van der Waals surface area contributed by atoms with Crippen LogP contribution in [0.3, 0.4) is 0 Å². The van der Waals surface area contributed by atoms with E-state index in [9.17, 15) is 4.79 Å². The summed E-state index contributed by atoms with van der Waals surface area (Å²) in [6, 6.07) is 12.0. The largest absolute Gasteiger partial charge is 0.423 e. The molecular weight excluding hydrogens is 546 g/mol. The second-order valence-corrected chi connectivity index (χ2v) is 11.2. The molecule has 0 bridgehead atoms. The van der Waals surface area contributed by atoms with Crippen LogP contribution in [0.25, 0.3) is 11.1 Å². The van der Waals surface area contributed by atoms with Crippen LogP contribution in [-0.4, -0.2) is 88.4 Å². The van der Waals surface area contributed by atoms with E-state index >= 15 is 0 Å². The van der Waals surface area contributed by atoms with Crippen molar-refractivity contribution in [2.24, 2.45) is 0 Å². The molecule has 2 aromatic heterocycles. The average molecular weight is 584 g/mol. The molecule has 12 heteroatoms. The third kappa shape index (κ3) is 6.45. The molecule has 0 atom stereocenters. The first-order valence-corrected chi connectivity index (χ1v) is 14.6. The number of ether oxygens (including phenoxy) is 1. The number of aryl methyl sites for hydroxylation is 2. The predicted molar refractivity (Wildman–Crippen MR) is 166 cm³/mol. The fourth-order valence-electron chi connectivity index (χ4n) is 5.69. The molecule has 2 aromatic carbocycles. The SMILES string of the molecule is Cc1cc(C)c2oc(Nc3ccc(C(=N)c4c(N)ncnc4NC4CCN(C(=O)CN5CCOCC5)CC4)cc3)nc2c1. The number of benzene rings is 2. The molecule has 43 heavy (non-hydrogen) atoms. The van der Waals surface area contributed by atoms with Gasteiger partial charge in [-0.25, -0.2) is 9.97 Å². The topological polar surface area (TPSA) is 159 Å². The predicted octanol–water partition coefficient (Wildman–Crippen LogP) is 3.71. The Kier molecular flexibility index (Phi) is 8.21. The van der Waals surface area contributed by atoms with E-state index in [0.717, 1.165) is 53.8 Å². The Balaban J connectivity index is 1.09. The first kappa shape index (κ1) is 28.6. The third-order valence-corrected chi connectivity index (χ3v) is 8.02. The summed E-state index contributed by atoms with van der Waals surface area (Å²) in [4.78, 5) is 30.1. The first-order chi connectivity index (χ1) is 20.8. The van der Waals surface area contributed by atoms with Gasteiger partial charge in [-0.05, 0) is 56.0 Å². The number of hydrogen-bond donors (Lipinski definition) is 4. The summed E-state index contributed by atoms with van der Waals surface area (Å²) in [5.74, 6) is 0.920. The van der Waals surface area contributed by atoms with Crippen LogP contribution in [0.1, 0.15) is 35.1 Å². The summed E-state index contributed by atoms with van der Waals surface area (Å²) in [6.45, 7) is 8.77. The maximum atomic E-state index is 12.8. The maximum absolute atomic E-state index is 12.8. The number of hydrogen-bond acceptors (Lipinski definition) is 11. The van der Waals surface area contributed by atoms with Crippen LogP contribution in [0.2, 0.25) is 0 Å². The highest BCUT2D eigenvalue weighted by Gasteiger charge is 2.26. The van der Waals surface area contributed by atoms with Gasteiger partial charge in [0.15, 0.2) is 5.58 Å². The molecule has 0 saturated carbocycles. The van der Waals surface area contributed by atoms with E-state index in [1.165, 1.54) is 6.33 Å². The smallest absolute Gasteiger partial charge is 0.300 e. The Labute approximate surface area is 250 Å². The molecule has 4 aromatic rings. The Morgan fingerprint density at radius 3 is 2.56 bits per heavy atom. The lowest BCUT2D eigenvalue weighted by Gasteiger charge is -2.35. The van der Waals surface area contributed by atoms with Crippen molar-refractivity contribution < 1.29 is 13.9 Å². The van der Waals surface area contributed by atoms with Gasteiger partial charge in [0.2, 0.25) is 5.91 Å². The van der Waals surface area contributed by atoms with Crippen molar-refractivity contribution in [1.82, 2.24) is 24.8 Å². The summed E-state index contributed by atoms with van der Waals surface area (Å²) >= 11 is 0. The third-order valence-electron chi connectivity index (χ3n) is 8.02. The fraction of sp³-hybridized carbons (Fsp3) is 0.387. The number of carbonyl (C=O) groups excluding carboxylic acids is 1. The number of rotatable bonds is 8. The number of nitrogen functional groups attached to an aromatic ring is 1. The number of anilines is 4. The molecular formula is C31H37N9O3. The number of morpholine rings is 1. The molecule has 0 radical (unpaired) electrons. The number of nitrogens with one attached hydrogen (secondary N) is 3. The average Bonchev–Trinajstić information content (AvgIpc) is 3.41.